The molecule has 0 saturated carbocycles. The average Bonchev–Trinajstić information content (AvgIpc) is 2.51. The van der Waals surface area contributed by atoms with Crippen molar-refractivity contribution in [1.29, 1.82) is 0 Å². The van der Waals surface area contributed by atoms with Crippen molar-refractivity contribution in [2.45, 2.75) is 0 Å². The first-order valence-electron chi connectivity index (χ1n) is 6.06. The van der Waals surface area contributed by atoms with Crippen LogP contribution in [0.4, 0.5) is 0 Å². The van der Waals surface area contributed by atoms with Crippen LogP contribution in [-0.4, -0.2) is 37.7 Å². The summed E-state index contributed by atoms with van der Waals surface area (Å²) in [5.74, 6) is -4.48. The number of fused-ring (bicyclic) bond motifs is 1. The van der Waals surface area contributed by atoms with Crippen LogP contribution in [0.1, 0.15) is 20.7 Å². The van der Waals surface area contributed by atoms with Crippen molar-refractivity contribution in [2.24, 2.45) is 5.92 Å². The van der Waals surface area contributed by atoms with Gasteiger partial charge < -0.3 is 9.47 Å². The van der Waals surface area contributed by atoms with Gasteiger partial charge in [-0.15, -0.1) is 0 Å². The van der Waals surface area contributed by atoms with Crippen LogP contribution in [0.15, 0.2) is 35.9 Å². The van der Waals surface area contributed by atoms with E-state index < -0.39 is 29.4 Å². The van der Waals surface area contributed by atoms with E-state index in [2.05, 4.69) is 9.47 Å². The molecule has 1 aromatic carbocycles. The molecule has 1 aromatic rings. The van der Waals surface area contributed by atoms with E-state index in [-0.39, 0.29) is 16.7 Å². The molecule has 0 N–H and O–H groups in total. The molecule has 0 aliphatic heterocycles. The Hall–Kier alpha value is -2.76. The van der Waals surface area contributed by atoms with Gasteiger partial charge in [-0.3, -0.25) is 19.2 Å². The van der Waals surface area contributed by atoms with Gasteiger partial charge in [-0.1, -0.05) is 24.3 Å². The lowest BCUT2D eigenvalue weighted by atomic mass is 9.83. The van der Waals surface area contributed by atoms with Crippen molar-refractivity contribution in [3.05, 3.63) is 47.0 Å². The van der Waals surface area contributed by atoms with Gasteiger partial charge in [0.2, 0.25) is 0 Å². The molecule has 0 atom stereocenters. The molecule has 0 heterocycles. The Morgan fingerprint density at radius 3 is 2.00 bits per heavy atom. The third-order valence-corrected chi connectivity index (χ3v) is 3.17. The molecule has 0 amide bonds. The van der Waals surface area contributed by atoms with E-state index in [1.165, 1.54) is 12.1 Å². The summed E-state index contributed by atoms with van der Waals surface area (Å²) < 4.78 is 9.03. The zero-order chi connectivity index (χ0) is 15.6. The van der Waals surface area contributed by atoms with Crippen LogP contribution in [0.5, 0.6) is 0 Å². The van der Waals surface area contributed by atoms with E-state index in [9.17, 15) is 19.2 Å². The van der Waals surface area contributed by atoms with Gasteiger partial charge in [-0.25, -0.2) is 0 Å². The van der Waals surface area contributed by atoms with Gasteiger partial charge in [0.25, 0.3) is 0 Å². The molecular formula is C15H12O6. The van der Waals surface area contributed by atoms with Gasteiger partial charge in [0, 0.05) is 16.7 Å². The second kappa shape index (κ2) is 5.70. The van der Waals surface area contributed by atoms with Crippen LogP contribution in [0, 0.1) is 5.92 Å². The highest BCUT2D eigenvalue weighted by Crippen LogP contribution is 2.27. The standard InChI is InChI=1S/C15H12O6/c1-20-14(18)12(15(19)21-2)10-7-11(16)8-5-3-4-6-9(8)13(10)17/h3-7,12H,1-2H3. The van der Waals surface area contributed by atoms with E-state index >= 15 is 0 Å². The molecule has 21 heavy (non-hydrogen) atoms. The monoisotopic (exact) mass is 288 g/mol. The highest BCUT2D eigenvalue weighted by Gasteiger charge is 2.39. The van der Waals surface area contributed by atoms with Crippen molar-refractivity contribution in [1.82, 2.24) is 0 Å². The predicted octanol–water partition coefficient (Wildman–Crippen LogP) is 0.954. The van der Waals surface area contributed by atoms with E-state index in [4.69, 9.17) is 0 Å². The zero-order valence-electron chi connectivity index (χ0n) is 11.4. The second-order valence-electron chi connectivity index (χ2n) is 4.32. The zero-order valence-corrected chi connectivity index (χ0v) is 11.4. The molecule has 0 aromatic heterocycles. The molecule has 0 saturated heterocycles. The van der Waals surface area contributed by atoms with Gasteiger partial charge in [0.05, 0.1) is 14.2 Å². The molecule has 0 unspecified atom stereocenters. The third-order valence-electron chi connectivity index (χ3n) is 3.17. The van der Waals surface area contributed by atoms with Crippen molar-refractivity contribution in [2.75, 3.05) is 14.2 Å². The number of carbonyl (C=O) groups is 4. The number of allylic oxidation sites excluding steroid dienone is 1. The summed E-state index contributed by atoms with van der Waals surface area (Å²) in [6.07, 6.45) is 0.989. The molecule has 1 aliphatic rings. The van der Waals surface area contributed by atoms with Crippen molar-refractivity contribution in [3.8, 4) is 0 Å². The number of carbonyl (C=O) groups excluding carboxylic acids is 4. The van der Waals surface area contributed by atoms with Gasteiger partial charge in [-0.2, -0.15) is 0 Å². The number of Topliss-reactive ketones (excluding diaryl/α,β-unsaturated/α-hetero) is 1. The summed E-state index contributed by atoms with van der Waals surface area (Å²) in [6.45, 7) is 0. The predicted molar refractivity (Wildman–Crippen MR) is 70.7 cm³/mol. The SMILES string of the molecule is COC(=O)C(C(=O)OC)C1=CC(=O)c2ccccc2C1=O. The van der Waals surface area contributed by atoms with Gasteiger partial charge >= 0.3 is 11.9 Å². The van der Waals surface area contributed by atoms with Crippen LogP contribution in [0.25, 0.3) is 0 Å². The highest BCUT2D eigenvalue weighted by atomic mass is 16.5. The maximum absolute atomic E-state index is 12.4. The van der Waals surface area contributed by atoms with Gasteiger partial charge in [0.15, 0.2) is 17.5 Å². The fourth-order valence-corrected chi connectivity index (χ4v) is 2.14. The minimum absolute atomic E-state index is 0.151. The van der Waals surface area contributed by atoms with Crippen molar-refractivity contribution >= 4 is 23.5 Å². The molecule has 0 bridgehead atoms. The third kappa shape index (κ3) is 2.47. The second-order valence-corrected chi connectivity index (χ2v) is 4.32. The van der Waals surface area contributed by atoms with Crippen LogP contribution in [0.3, 0.4) is 0 Å². The van der Waals surface area contributed by atoms with Gasteiger partial charge in [0.1, 0.15) is 0 Å². The number of hydrogen-bond donors (Lipinski definition) is 0. The van der Waals surface area contributed by atoms with Crippen molar-refractivity contribution < 1.29 is 28.7 Å². The Morgan fingerprint density at radius 1 is 0.952 bits per heavy atom. The van der Waals surface area contributed by atoms with Crippen LogP contribution >= 0.6 is 0 Å². The first kappa shape index (κ1) is 14.6. The van der Waals surface area contributed by atoms with Crippen molar-refractivity contribution in [3.63, 3.8) is 0 Å². The fourth-order valence-electron chi connectivity index (χ4n) is 2.14. The quantitative estimate of drug-likeness (QED) is 0.608. The number of rotatable bonds is 3. The van der Waals surface area contributed by atoms with Gasteiger partial charge in [-0.05, 0) is 6.08 Å². The number of ether oxygens (including phenoxy) is 2. The fraction of sp³-hybridized carbons (Fsp3) is 0.200. The largest absolute Gasteiger partial charge is 0.468 e. The molecule has 108 valence electrons. The van der Waals surface area contributed by atoms with Crippen LogP contribution in [-0.2, 0) is 19.1 Å². The Kier molecular flexibility index (Phi) is 3.98. The first-order chi connectivity index (χ1) is 10.0. The topological polar surface area (TPSA) is 86.7 Å². The van der Waals surface area contributed by atoms with E-state index in [0.717, 1.165) is 20.3 Å². The summed E-state index contributed by atoms with van der Waals surface area (Å²) in [6, 6.07) is 6.20. The van der Waals surface area contributed by atoms with Crippen LogP contribution < -0.4 is 0 Å². The maximum Gasteiger partial charge on any atom is 0.324 e. The summed E-state index contributed by atoms with van der Waals surface area (Å²) >= 11 is 0. The van der Waals surface area contributed by atoms with E-state index in [1.807, 2.05) is 0 Å². The average molecular weight is 288 g/mol. The smallest absolute Gasteiger partial charge is 0.324 e. The molecule has 0 fully saturated rings. The summed E-state index contributed by atoms with van der Waals surface area (Å²) in [5.41, 5.74) is 0.148. The summed E-state index contributed by atoms with van der Waals surface area (Å²) in [7, 11) is 2.17. The normalized spacial score (nSPS) is 13.6. The molecule has 2 rings (SSSR count). The number of benzene rings is 1. The molecule has 6 heteroatoms. The number of ketones is 2. The lowest BCUT2D eigenvalue weighted by molar-refractivity contribution is -0.156. The summed E-state index contributed by atoms with van der Waals surface area (Å²) in [4.78, 5) is 47.9. The minimum atomic E-state index is -1.56. The Morgan fingerprint density at radius 2 is 1.48 bits per heavy atom. The Balaban J connectivity index is 2.53. The minimum Gasteiger partial charge on any atom is -0.468 e. The lowest BCUT2D eigenvalue weighted by Gasteiger charge is -2.19. The molecular weight excluding hydrogens is 276 g/mol. The molecule has 6 nitrogen and oxygen atoms in total. The molecule has 0 radical (unpaired) electrons. The highest BCUT2D eigenvalue weighted by molar-refractivity contribution is 6.27. The summed E-state index contributed by atoms with van der Waals surface area (Å²) in [5, 5.41) is 0. The van der Waals surface area contributed by atoms with E-state index in [0.29, 0.717) is 0 Å². The lowest BCUT2D eigenvalue weighted by Crippen LogP contribution is -2.33. The Bertz CT molecular complexity index is 654. The molecule has 1 aliphatic carbocycles. The first-order valence-corrected chi connectivity index (χ1v) is 6.06. The van der Waals surface area contributed by atoms with Crippen LogP contribution in [0.2, 0.25) is 0 Å². The van der Waals surface area contributed by atoms with E-state index in [1.54, 1.807) is 12.1 Å². The Labute approximate surface area is 120 Å². The maximum atomic E-state index is 12.4. The number of methoxy groups -OCH3 is 2. The molecule has 0 spiro atoms. The number of esters is 2. The number of hydrogen-bond acceptors (Lipinski definition) is 6.